The Morgan fingerprint density at radius 2 is 2.00 bits per heavy atom. The smallest absolute Gasteiger partial charge is 0.146 e. The highest BCUT2D eigenvalue weighted by molar-refractivity contribution is 5.74. The van der Waals surface area contributed by atoms with Crippen LogP contribution in [0.1, 0.15) is 71.1 Å². The van der Waals surface area contributed by atoms with E-state index in [4.69, 9.17) is 6.42 Å². The predicted molar refractivity (Wildman–Crippen MR) is 95.8 cm³/mol. The molecule has 3 rings (SSSR count). The van der Waals surface area contributed by atoms with Gasteiger partial charge in [-0.2, -0.15) is 0 Å². The van der Waals surface area contributed by atoms with Gasteiger partial charge < -0.3 is 0 Å². The van der Waals surface area contributed by atoms with Crippen molar-refractivity contribution in [3.8, 4) is 12.3 Å². The van der Waals surface area contributed by atoms with Gasteiger partial charge in [0.1, 0.15) is 6.29 Å². The molecule has 0 amide bonds. The van der Waals surface area contributed by atoms with Crippen molar-refractivity contribution in [3.63, 3.8) is 0 Å². The number of allylic oxidation sites excluding steroid dienone is 4. The Bertz CT molecular complexity index is 545. The summed E-state index contributed by atoms with van der Waals surface area (Å²) in [5, 5.41) is 0. The van der Waals surface area contributed by atoms with Crippen molar-refractivity contribution in [2.24, 2.45) is 23.7 Å². The average molecular weight is 310 g/mol. The molecule has 23 heavy (non-hydrogen) atoms. The molecule has 0 bridgehead atoms. The van der Waals surface area contributed by atoms with Gasteiger partial charge in [-0.1, -0.05) is 24.1 Å². The molecule has 1 nitrogen and oxygen atoms in total. The van der Waals surface area contributed by atoms with Crippen LogP contribution in [0.15, 0.2) is 22.8 Å². The van der Waals surface area contributed by atoms with Gasteiger partial charge in [-0.25, -0.2) is 0 Å². The van der Waals surface area contributed by atoms with E-state index in [0.29, 0.717) is 23.7 Å². The lowest BCUT2D eigenvalue weighted by atomic mass is 9.60. The van der Waals surface area contributed by atoms with Crippen molar-refractivity contribution in [1.82, 2.24) is 0 Å². The highest BCUT2D eigenvalue weighted by Gasteiger charge is 2.39. The molecule has 0 aromatic heterocycles. The van der Waals surface area contributed by atoms with Gasteiger partial charge in [0, 0.05) is 6.42 Å². The zero-order chi connectivity index (χ0) is 16.2. The van der Waals surface area contributed by atoms with Crippen molar-refractivity contribution in [1.29, 1.82) is 0 Å². The minimum absolute atomic E-state index is 0.486. The van der Waals surface area contributed by atoms with Gasteiger partial charge >= 0.3 is 0 Å². The number of aldehydes is 1. The average Bonchev–Trinajstić information content (AvgIpc) is 2.60. The van der Waals surface area contributed by atoms with E-state index in [1.54, 1.807) is 11.1 Å². The number of hydrogen-bond acceptors (Lipinski definition) is 1. The fourth-order valence-corrected chi connectivity index (χ4v) is 5.45. The lowest BCUT2D eigenvalue weighted by Crippen LogP contribution is -2.33. The van der Waals surface area contributed by atoms with Crippen molar-refractivity contribution in [2.45, 2.75) is 71.1 Å². The van der Waals surface area contributed by atoms with Gasteiger partial charge in [0.2, 0.25) is 0 Å². The third-order valence-corrected chi connectivity index (χ3v) is 6.51. The summed E-state index contributed by atoms with van der Waals surface area (Å²) < 4.78 is 0. The molecule has 0 heterocycles. The quantitative estimate of drug-likeness (QED) is 0.382. The Kier molecular flexibility index (Phi) is 5.42. The van der Waals surface area contributed by atoms with Crippen LogP contribution in [0, 0.1) is 36.0 Å². The second-order valence-electron chi connectivity index (χ2n) is 7.79. The van der Waals surface area contributed by atoms with E-state index in [1.807, 2.05) is 0 Å². The van der Waals surface area contributed by atoms with E-state index in [2.05, 4.69) is 18.9 Å². The minimum Gasteiger partial charge on any atom is -0.298 e. The molecule has 4 unspecified atom stereocenters. The largest absolute Gasteiger partial charge is 0.298 e. The Hall–Kier alpha value is -1.29. The van der Waals surface area contributed by atoms with Crippen LogP contribution in [-0.4, -0.2) is 6.29 Å². The summed E-state index contributed by atoms with van der Waals surface area (Å²) in [5.41, 5.74) is 4.56. The van der Waals surface area contributed by atoms with Crippen LogP contribution in [-0.2, 0) is 4.79 Å². The van der Waals surface area contributed by atoms with Crippen LogP contribution < -0.4 is 0 Å². The maximum atomic E-state index is 11.6. The molecule has 0 aliphatic heterocycles. The third-order valence-electron chi connectivity index (χ3n) is 6.51. The minimum atomic E-state index is 0.486. The maximum Gasteiger partial charge on any atom is 0.146 e. The fourth-order valence-electron chi connectivity index (χ4n) is 5.45. The van der Waals surface area contributed by atoms with Crippen molar-refractivity contribution >= 4 is 6.29 Å². The topological polar surface area (TPSA) is 17.1 Å². The predicted octanol–water partition coefficient (Wildman–Crippen LogP) is 5.47. The highest BCUT2D eigenvalue weighted by atomic mass is 16.1. The first kappa shape index (κ1) is 16.6. The molecule has 0 aromatic carbocycles. The summed E-state index contributed by atoms with van der Waals surface area (Å²) in [4.78, 5) is 11.6. The second kappa shape index (κ2) is 7.52. The van der Waals surface area contributed by atoms with Crippen LogP contribution in [0.25, 0.3) is 0 Å². The van der Waals surface area contributed by atoms with Crippen molar-refractivity contribution in [3.05, 3.63) is 22.8 Å². The molecule has 1 heteroatoms. The molecule has 3 aliphatic carbocycles. The van der Waals surface area contributed by atoms with E-state index >= 15 is 0 Å². The van der Waals surface area contributed by atoms with Gasteiger partial charge in [0.15, 0.2) is 0 Å². The molecule has 3 aliphatic rings. The van der Waals surface area contributed by atoms with Crippen molar-refractivity contribution in [2.75, 3.05) is 0 Å². The Balaban J connectivity index is 1.92. The lowest BCUT2D eigenvalue weighted by Gasteiger charge is -2.44. The SMILES string of the molecule is C#CCCC1C2=C(CCCC2)C(C2CCCC=C2C=O)CC1C. The summed E-state index contributed by atoms with van der Waals surface area (Å²) in [7, 11) is 0. The van der Waals surface area contributed by atoms with E-state index in [1.165, 1.54) is 44.9 Å². The van der Waals surface area contributed by atoms with Gasteiger partial charge in [-0.15, -0.1) is 12.3 Å². The van der Waals surface area contributed by atoms with Gasteiger partial charge in [-0.05, 0) is 87.0 Å². The molecular weight excluding hydrogens is 280 g/mol. The number of carbonyl (C=O) groups is 1. The zero-order valence-electron chi connectivity index (χ0n) is 14.5. The standard InChI is InChI=1S/C22H30O/c1-3-4-10-18-16(2)14-22(21-13-8-7-12-20(18)21)19-11-6-5-9-17(19)15-23/h1,9,15-16,18-19,22H,4-8,10-14H2,2H3. The third kappa shape index (κ3) is 3.32. The molecule has 0 N–H and O–H groups in total. The normalized spacial score (nSPS) is 34.3. The van der Waals surface area contributed by atoms with Crippen LogP contribution in [0.3, 0.4) is 0 Å². The Morgan fingerprint density at radius 3 is 2.74 bits per heavy atom. The maximum absolute atomic E-state index is 11.6. The second-order valence-corrected chi connectivity index (χ2v) is 7.79. The first-order valence-corrected chi connectivity index (χ1v) is 9.56. The monoisotopic (exact) mass is 310 g/mol. The molecule has 124 valence electrons. The summed E-state index contributed by atoms with van der Waals surface area (Å²) in [5.74, 6) is 5.36. The summed E-state index contributed by atoms with van der Waals surface area (Å²) in [6, 6.07) is 0. The van der Waals surface area contributed by atoms with E-state index < -0.39 is 0 Å². The van der Waals surface area contributed by atoms with E-state index in [-0.39, 0.29) is 0 Å². The van der Waals surface area contributed by atoms with Crippen LogP contribution in [0.2, 0.25) is 0 Å². The Morgan fingerprint density at radius 1 is 1.22 bits per heavy atom. The van der Waals surface area contributed by atoms with Gasteiger partial charge in [0.25, 0.3) is 0 Å². The molecule has 0 radical (unpaired) electrons. The van der Waals surface area contributed by atoms with Gasteiger partial charge in [0.05, 0.1) is 0 Å². The molecular formula is C22H30O. The number of rotatable bonds is 4. The van der Waals surface area contributed by atoms with E-state index in [9.17, 15) is 4.79 Å². The molecule has 0 fully saturated rings. The fraction of sp³-hybridized carbons (Fsp3) is 0.682. The van der Waals surface area contributed by atoms with Crippen LogP contribution in [0.5, 0.6) is 0 Å². The van der Waals surface area contributed by atoms with Crippen LogP contribution >= 0.6 is 0 Å². The lowest BCUT2D eigenvalue weighted by molar-refractivity contribution is -0.105. The molecule has 4 atom stereocenters. The first-order chi connectivity index (χ1) is 11.3. The highest BCUT2D eigenvalue weighted by Crippen LogP contribution is 2.51. The summed E-state index contributed by atoms with van der Waals surface area (Å²) >= 11 is 0. The molecule has 0 saturated carbocycles. The number of hydrogen-bond donors (Lipinski definition) is 0. The molecule has 0 aromatic rings. The molecule has 0 saturated heterocycles. The summed E-state index contributed by atoms with van der Waals surface area (Å²) in [6.45, 7) is 2.42. The van der Waals surface area contributed by atoms with Gasteiger partial charge in [-0.3, -0.25) is 4.79 Å². The number of carbonyl (C=O) groups excluding carboxylic acids is 1. The summed E-state index contributed by atoms with van der Waals surface area (Å²) in [6.07, 6.45) is 20.9. The van der Waals surface area contributed by atoms with Crippen LogP contribution in [0.4, 0.5) is 0 Å². The molecule has 0 spiro atoms. The number of terminal acetylenes is 1. The van der Waals surface area contributed by atoms with Crippen molar-refractivity contribution < 1.29 is 4.79 Å². The zero-order valence-corrected chi connectivity index (χ0v) is 14.5. The van der Waals surface area contributed by atoms with E-state index in [0.717, 1.165) is 31.1 Å². The first-order valence-electron chi connectivity index (χ1n) is 9.56. The Labute approximate surface area is 141 Å².